The van der Waals surface area contributed by atoms with Gasteiger partial charge in [-0.25, -0.2) is 0 Å². The number of carboxylic acids is 2. The third-order valence-electron chi connectivity index (χ3n) is 8.21. The van der Waals surface area contributed by atoms with E-state index in [-0.39, 0.29) is 90.4 Å². The van der Waals surface area contributed by atoms with Gasteiger partial charge in [0.1, 0.15) is 24.3 Å². The second-order valence-corrected chi connectivity index (χ2v) is 13.2. The molecule has 0 spiro atoms. The van der Waals surface area contributed by atoms with Crippen LogP contribution >= 0.6 is 0 Å². The van der Waals surface area contributed by atoms with Gasteiger partial charge >= 0.3 is 59.1 Å². The summed E-state index contributed by atoms with van der Waals surface area (Å²) in [5.74, 6) is -8.38. The predicted molar refractivity (Wildman–Crippen MR) is 173 cm³/mol. The van der Waals surface area contributed by atoms with Gasteiger partial charge in [0, 0.05) is 30.4 Å². The summed E-state index contributed by atoms with van der Waals surface area (Å²) in [6.45, 7) is 4.78. The summed E-state index contributed by atoms with van der Waals surface area (Å²) >= 11 is 0. The fraction of sp³-hybridized carbons (Fsp3) is 0.514. The standard InChI is InChI=1S/C35H47N3O12.2Na/c1-20(39)37-26-27(38-32(46)34(2,3)4)30(44)35(33(47)48,49-18-10-6-9-13-25(41)42)50-29(26)28(43)24(40)19-36-31(45)23-16-14-22(15-17-23)21-11-7-5-8-12-21;;/h5,7-8,11-12,14-17,24,26-30,40,43-44H,6,9-10,13,18-19H2,1-4H3,(H,36,45)(H,37,39)(H,38,46)(H,41,42)(H,47,48);;/q;2*+1/p-2/t24-,26-,27-,28-,29-,30+,35-;;/m1../s1. The zero-order chi connectivity index (χ0) is 37.2. The molecule has 15 nitrogen and oxygen atoms in total. The van der Waals surface area contributed by atoms with Crippen molar-refractivity contribution in [3.05, 3.63) is 60.2 Å². The second-order valence-electron chi connectivity index (χ2n) is 13.2. The molecule has 1 saturated heterocycles. The summed E-state index contributed by atoms with van der Waals surface area (Å²) in [6.07, 6.45) is -7.63. The summed E-state index contributed by atoms with van der Waals surface area (Å²) in [4.78, 5) is 61.7. The van der Waals surface area contributed by atoms with Crippen molar-refractivity contribution in [2.45, 2.75) is 95.7 Å². The normalized spacial score (nSPS) is 22.4. The van der Waals surface area contributed by atoms with Crippen LogP contribution in [0.15, 0.2) is 54.6 Å². The van der Waals surface area contributed by atoms with Crippen LogP contribution in [0.3, 0.4) is 0 Å². The molecular weight excluding hydrogens is 700 g/mol. The third kappa shape index (κ3) is 12.9. The van der Waals surface area contributed by atoms with Gasteiger partial charge in [0.05, 0.1) is 24.8 Å². The van der Waals surface area contributed by atoms with Gasteiger partial charge in [-0.05, 0) is 42.5 Å². The van der Waals surface area contributed by atoms with E-state index in [4.69, 9.17) is 9.47 Å². The van der Waals surface area contributed by atoms with Gasteiger partial charge in [-0.15, -0.1) is 0 Å². The van der Waals surface area contributed by atoms with Gasteiger partial charge in [0.15, 0.2) is 0 Å². The number of ether oxygens (including phenoxy) is 2. The molecule has 1 heterocycles. The van der Waals surface area contributed by atoms with E-state index in [1.807, 2.05) is 30.3 Å². The number of aliphatic hydroxyl groups excluding tert-OH is 3. The van der Waals surface area contributed by atoms with Crippen molar-refractivity contribution in [2.75, 3.05) is 13.2 Å². The molecule has 2 aromatic carbocycles. The van der Waals surface area contributed by atoms with Crippen molar-refractivity contribution in [3.8, 4) is 11.1 Å². The van der Waals surface area contributed by atoms with Crippen LogP contribution in [-0.4, -0.2) is 100 Å². The fourth-order valence-electron chi connectivity index (χ4n) is 5.41. The van der Waals surface area contributed by atoms with Crippen molar-refractivity contribution in [2.24, 2.45) is 5.41 Å². The minimum atomic E-state index is -3.03. The van der Waals surface area contributed by atoms with E-state index >= 15 is 0 Å². The predicted octanol–water partition coefficient (Wildman–Crippen LogP) is -7.62. The van der Waals surface area contributed by atoms with Gasteiger partial charge in [0.2, 0.25) is 17.6 Å². The van der Waals surface area contributed by atoms with Crippen molar-refractivity contribution in [1.29, 1.82) is 0 Å². The molecule has 6 N–H and O–H groups in total. The zero-order valence-electron chi connectivity index (χ0n) is 30.4. The average molecular weight is 746 g/mol. The fourth-order valence-corrected chi connectivity index (χ4v) is 5.41. The topological polar surface area (TPSA) is 247 Å². The molecule has 0 saturated carbocycles. The van der Waals surface area contributed by atoms with Crippen LogP contribution in [-0.2, 0) is 28.7 Å². The Balaban J connectivity index is 0.00000676. The van der Waals surface area contributed by atoms with Crippen LogP contribution in [0.4, 0.5) is 0 Å². The monoisotopic (exact) mass is 745 g/mol. The van der Waals surface area contributed by atoms with Crippen LogP contribution in [0.5, 0.6) is 0 Å². The van der Waals surface area contributed by atoms with Gasteiger partial charge in [-0.2, -0.15) is 0 Å². The molecule has 3 rings (SSSR count). The minimum Gasteiger partial charge on any atom is -0.550 e. The molecule has 1 aliphatic rings. The maximum absolute atomic E-state index is 13.1. The molecule has 52 heavy (non-hydrogen) atoms. The number of aliphatic hydroxyl groups is 3. The van der Waals surface area contributed by atoms with E-state index in [0.29, 0.717) is 0 Å². The first-order chi connectivity index (χ1) is 23.5. The van der Waals surface area contributed by atoms with Gasteiger partial charge in [-0.3, -0.25) is 14.4 Å². The summed E-state index contributed by atoms with van der Waals surface area (Å²) in [5, 5.41) is 64.7. The molecule has 0 bridgehead atoms. The number of carboxylic acid groups (broad SMARTS) is 2. The van der Waals surface area contributed by atoms with Gasteiger partial charge in [0.25, 0.3) is 5.91 Å². The van der Waals surface area contributed by atoms with Crippen LogP contribution in [0, 0.1) is 5.41 Å². The number of hydrogen-bond donors (Lipinski definition) is 6. The Morgan fingerprint density at radius 2 is 1.48 bits per heavy atom. The van der Waals surface area contributed by atoms with Gasteiger partial charge in [-0.1, -0.05) is 69.7 Å². The van der Waals surface area contributed by atoms with Crippen LogP contribution in [0.25, 0.3) is 11.1 Å². The molecule has 0 radical (unpaired) electrons. The van der Waals surface area contributed by atoms with Crippen molar-refractivity contribution in [3.63, 3.8) is 0 Å². The van der Waals surface area contributed by atoms with Gasteiger partial charge < -0.3 is 60.5 Å². The average Bonchev–Trinajstić information content (AvgIpc) is 3.06. The molecule has 17 heteroatoms. The Hall–Kier alpha value is -2.41. The molecule has 0 unspecified atom stereocenters. The molecule has 7 atom stereocenters. The number of nitrogens with one attached hydrogen (secondary N) is 3. The smallest absolute Gasteiger partial charge is 0.550 e. The number of unbranched alkanes of at least 4 members (excludes halogenated alkanes) is 2. The van der Waals surface area contributed by atoms with E-state index in [9.17, 15) is 49.5 Å². The second kappa shape index (κ2) is 21.5. The number of carbonyl (C=O) groups is 5. The number of amides is 3. The van der Waals surface area contributed by atoms with Crippen molar-refractivity contribution in [1.82, 2.24) is 16.0 Å². The first-order valence-corrected chi connectivity index (χ1v) is 16.3. The summed E-state index contributed by atoms with van der Waals surface area (Å²) in [6, 6.07) is 12.9. The van der Waals surface area contributed by atoms with Crippen LogP contribution in [0.2, 0.25) is 0 Å². The molecule has 1 aliphatic heterocycles. The van der Waals surface area contributed by atoms with E-state index < -0.39 is 90.5 Å². The number of hydrogen-bond acceptors (Lipinski definition) is 12. The van der Waals surface area contributed by atoms with Crippen LogP contribution < -0.4 is 85.3 Å². The Bertz CT molecular complexity index is 1490. The number of aliphatic carboxylic acids is 2. The SMILES string of the molecule is CC(=O)N[C@@H]1[C@@H](NC(=O)C(C)(C)C)[C@H](O)[C@](OCCCCCC(=O)[O-])(C(=O)[O-])O[C@H]1[C@H](O)[C@H](O)CNC(=O)c1ccc(-c2ccccc2)cc1.[Na+].[Na+]. The van der Waals surface area contributed by atoms with E-state index in [1.165, 1.54) is 0 Å². The van der Waals surface area contributed by atoms with E-state index in [1.54, 1.807) is 45.0 Å². The third-order valence-corrected chi connectivity index (χ3v) is 8.21. The molecular formula is C35H45N3Na2O12. The molecule has 3 amide bonds. The Kier molecular flexibility index (Phi) is 19.7. The zero-order valence-corrected chi connectivity index (χ0v) is 34.4. The van der Waals surface area contributed by atoms with Crippen LogP contribution in [0.1, 0.15) is 63.7 Å². The summed E-state index contributed by atoms with van der Waals surface area (Å²) < 4.78 is 11.2. The Morgan fingerprint density at radius 3 is 2.02 bits per heavy atom. The molecule has 2 aromatic rings. The molecule has 0 aromatic heterocycles. The van der Waals surface area contributed by atoms with Crippen molar-refractivity contribution >= 4 is 29.7 Å². The number of carbonyl (C=O) groups excluding carboxylic acids is 5. The molecule has 1 fully saturated rings. The first kappa shape index (κ1) is 47.6. The largest absolute Gasteiger partial charge is 1.00 e. The maximum atomic E-state index is 13.1. The Labute approximate surface area is 346 Å². The van der Waals surface area contributed by atoms with E-state index in [0.717, 1.165) is 18.1 Å². The maximum Gasteiger partial charge on any atom is 1.00 e. The quantitative estimate of drug-likeness (QED) is 0.0694. The summed E-state index contributed by atoms with van der Waals surface area (Å²) in [7, 11) is 0. The first-order valence-electron chi connectivity index (χ1n) is 16.3. The molecule has 274 valence electrons. The minimum absolute atomic E-state index is 0. The van der Waals surface area contributed by atoms with E-state index in [2.05, 4.69) is 16.0 Å². The molecule has 0 aliphatic carbocycles. The van der Waals surface area contributed by atoms with Crippen molar-refractivity contribution < 1.29 is 118 Å². The number of benzene rings is 2. The number of rotatable bonds is 16. The Morgan fingerprint density at radius 1 is 0.885 bits per heavy atom. The summed E-state index contributed by atoms with van der Waals surface area (Å²) in [5.41, 5.74) is 0.977.